The van der Waals surface area contributed by atoms with E-state index in [1.54, 1.807) is 12.3 Å². The predicted octanol–water partition coefficient (Wildman–Crippen LogP) is 3.00. The van der Waals surface area contributed by atoms with Crippen LogP contribution in [0.25, 0.3) is 10.9 Å². The summed E-state index contributed by atoms with van der Waals surface area (Å²) in [6.07, 6.45) is 1.14. The van der Waals surface area contributed by atoms with Gasteiger partial charge in [0.1, 0.15) is 5.82 Å². The molecule has 0 aliphatic heterocycles. The normalized spacial score (nSPS) is 10.6. The fraction of sp³-hybridized carbons (Fsp3) is 0.100. The van der Waals surface area contributed by atoms with E-state index in [4.69, 9.17) is 0 Å². The molecule has 2 aromatic rings. The Hall–Kier alpha value is -1.11. The third-order valence-electron chi connectivity index (χ3n) is 2.09. The zero-order valence-corrected chi connectivity index (χ0v) is 9.99. The quantitative estimate of drug-likeness (QED) is 0.699. The van der Waals surface area contributed by atoms with E-state index in [2.05, 4.69) is 4.74 Å². The van der Waals surface area contributed by atoms with Crippen molar-refractivity contribution in [2.75, 3.05) is 7.11 Å². The molecule has 0 radical (unpaired) electrons. The second-order valence-corrected chi connectivity index (χ2v) is 4.14. The number of halogens is 2. The zero-order chi connectivity index (χ0) is 11.0. The number of benzene rings is 1. The Morgan fingerprint density at radius 3 is 2.93 bits per heavy atom. The van der Waals surface area contributed by atoms with Crippen molar-refractivity contribution in [2.45, 2.75) is 0 Å². The van der Waals surface area contributed by atoms with E-state index in [-0.39, 0.29) is 5.82 Å². The van der Waals surface area contributed by atoms with Crippen LogP contribution in [-0.4, -0.2) is 17.8 Å². The summed E-state index contributed by atoms with van der Waals surface area (Å²) in [7, 11) is 1.31. The molecule has 0 bridgehead atoms. The summed E-state index contributed by atoms with van der Waals surface area (Å²) in [6, 6.07) is 4.28. The number of rotatable bonds is 0. The SMILES string of the molecule is COC(=O)n1cc(I)c2cc(F)ccc21. The summed E-state index contributed by atoms with van der Waals surface area (Å²) in [4.78, 5) is 11.4. The fourth-order valence-corrected chi connectivity index (χ4v) is 2.12. The standard InChI is InChI=1S/C10H7FINO2/c1-15-10(14)13-5-8(12)7-4-6(11)2-3-9(7)13/h2-5H,1H3. The molecule has 1 heterocycles. The van der Waals surface area contributed by atoms with Crippen LogP contribution in [0.3, 0.4) is 0 Å². The van der Waals surface area contributed by atoms with Crippen LogP contribution in [0.4, 0.5) is 9.18 Å². The van der Waals surface area contributed by atoms with Crippen LogP contribution < -0.4 is 0 Å². The van der Waals surface area contributed by atoms with Crippen LogP contribution in [0, 0.1) is 9.39 Å². The minimum absolute atomic E-state index is 0.317. The van der Waals surface area contributed by atoms with E-state index in [1.807, 2.05) is 22.6 Å². The van der Waals surface area contributed by atoms with Gasteiger partial charge >= 0.3 is 6.09 Å². The number of carbonyl (C=O) groups is 1. The first-order valence-corrected chi connectivity index (χ1v) is 5.26. The number of aromatic nitrogens is 1. The monoisotopic (exact) mass is 319 g/mol. The third-order valence-corrected chi connectivity index (χ3v) is 2.95. The Labute approximate surface area is 99.0 Å². The van der Waals surface area contributed by atoms with Crippen molar-refractivity contribution < 1.29 is 13.9 Å². The molecule has 0 N–H and O–H groups in total. The van der Waals surface area contributed by atoms with E-state index >= 15 is 0 Å². The number of methoxy groups -OCH3 is 1. The maximum Gasteiger partial charge on any atom is 0.418 e. The van der Waals surface area contributed by atoms with E-state index in [9.17, 15) is 9.18 Å². The summed E-state index contributed by atoms with van der Waals surface area (Å²) >= 11 is 2.05. The highest BCUT2D eigenvalue weighted by molar-refractivity contribution is 14.1. The molecule has 1 aromatic carbocycles. The molecule has 2 rings (SSSR count). The second kappa shape index (κ2) is 3.80. The number of fused-ring (bicyclic) bond motifs is 1. The average Bonchev–Trinajstić information content (AvgIpc) is 2.55. The lowest BCUT2D eigenvalue weighted by Crippen LogP contribution is -2.09. The van der Waals surface area contributed by atoms with Gasteiger partial charge < -0.3 is 4.74 Å². The molecule has 0 aliphatic carbocycles. The third kappa shape index (κ3) is 1.71. The number of carbonyl (C=O) groups excluding carboxylic acids is 1. The lowest BCUT2D eigenvalue weighted by Gasteiger charge is -2.00. The number of ether oxygens (including phenoxy) is 1. The molecule has 0 unspecified atom stereocenters. The highest BCUT2D eigenvalue weighted by Crippen LogP contribution is 2.23. The molecule has 0 spiro atoms. The van der Waals surface area contributed by atoms with Crippen molar-refractivity contribution in [3.05, 3.63) is 33.8 Å². The molecule has 0 saturated carbocycles. The van der Waals surface area contributed by atoms with Gasteiger partial charge in [0.25, 0.3) is 0 Å². The number of hydrogen-bond donors (Lipinski definition) is 0. The maximum absolute atomic E-state index is 13.0. The minimum atomic E-state index is -0.477. The Kier molecular flexibility index (Phi) is 2.64. The van der Waals surface area contributed by atoms with Crippen LogP contribution in [-0.2, 0) is 4.74 Å². The Balaban J connectivity index is 2.73. The van der Waals surface area contributed by atoms with E-state index < -0.39 is 6.09 Å². The largest absolute Gasteiger partial charge is 0.452 e. The summed E-state index contributed by atoms with van der Waals surface area (Å²) in [5, 5.41) is 0.709. The van der Waals surface area contributed by atoms with Gasteiger partial charge in [-0.25, -0.2) is 9.18 Å². The van der Waals surface area contributed by atoms with Crippen LogP contribution in [0.1, 0.15) is 0 Å². The summed E-state index contributed by atoms with van der Waals surface area (Å²) in [6.45, 7) is 0. The lowest BCUT2D eigenvalue weighted by atomic mass is 10.2. The first kappa shape index (κ1) is 10.4. The van der Waals surface area contributed by atoms with Crippen molar-refractivity contribution in [3.63, 3.8) is 0 Å². The highest BCUT2D eigenvalue weighted by Gasteiger charge is 2.12. The van der Waals surface area contributed by atoms with Gasteiger partial charge in [0.15, 0.2) is 0 Å². The lowest BCUT2D eigenvalue weighted by molar-refractivity contribution is 0.174. The second-order valence-electron chi connectivity index (χ2n) is 2.98. The van der Waals surface area contributed by atoms with Gasteiger partial charge in [-0.05, 0) is 40.8 Å². The Morgan fingerprint density at radius 2 is 2.27 bits per heavy atom. The Morgan fingerprint density at radius 1 is 1.53 bits per heavy atom. The van der Waals surface area contributed by atoms with Crippen molar-refractivity contribution in [3.8, 4) is 0 Å². The molecule has 0 fully saturated rings. The van der Waals surface area contributed by atoms with Gasteiger partial charge in [-0.3, -0.25) is 4.57 Å². The summed E-state index contributed by atoms with van der Waals surface area (Å²) in [5.74, 6) is -0.317. The molecule has 0 aliphatic rings. The highest BCUT2D eigenvalue weighted by atomic mass is 127. The molecule has 15 heavy (non-hydrogen) atoms. The molecule has 3 nitrogen and oxygen atoms in total. The summed E-state index contributed by atoms with van der Waals surface area (Å²) < 4.78 is 19.8. The molecule has 1 aromatic heterocycles. The van der Waals surface area contributed by atoms with Crippen LogP contribution in [0.5, 0.6) is 0 Å². The maximum atomic E-state index is 13.0. The van der Waals surface area contributed by atoms with Gasteiger partial charge in [-0.1, -0.05) is 0 Å². The number of hydrogen-bond acceptors (Lipinski definition) is 2. The number of nitrogens with zero attached hydrogens (tertiary/aromatic N) is 1. The molecular formula is C10H7FINO2. The van der Waals surface area contributed by atoms with E-state index in [0.717, 1.165) is 3.57 Å². The predicted molar refractivity (Wildman–Crippen MR) is 62.4 cm³/mol. The van der Waals surface area contributed by atoms with E-state index in [1.165, 1.54) is 23.8 Å². The molecular weight excluding hydrogens is 312 g/mol. The van der Waals surface area contributed by atoms with Crippen molar-refractivity contribution >= 4 is 39.6 Å². The van der Waals surface area contributed by atoms with Crippen LogP contribution >= 0.6 is 22.6 Å². The van der Waals surface area contributed by atoms with Crippen molar-refractivity contribution in [2.24, 2.45) is 0 Å². The van der Waals surface area contributed by atoms with Gasteiger partial charge in [-0.2, -0.15) is 0 Å². The van der Waals surface area contributed by atoms with Gasteiger partial charge in [-0.15, -0.1) is 0 Å². The van der Waals surface area contributed by atoms with Gasteiger partial charge in [0.2, 0.25) is 0 Å². The molecule has 0 atom stereocenters. The molecule has 78 valence electrons. The molecule has 0 amide bonds. The van der Waals surface area contributed by atoms with Crippen LogP contribution in [0.15, 0.2) is 24.4 Å². The molecule has 5 heteroatoms. The molecule has 0 saturated heterocycles. The minimum Gasteiger partial charge on any atom is -0.452 e. The topological polar surface area (TPSA) is 31.2 Å². The van der Waals surface area contributed by atoms with Crippen molar-refractivity contribution in [1.82, 2.24) is 4.57 Å². The average molecular weight is 319 g/mol. The van der Waals surface area contributed by atoms with Gasteiger partial charge in [0.05, 0.1) is 12.6 Å². The smallest absolute Gasteiger partial charge is 0.418 e. The Bertz CT molecular complexity index is 535. The van der Waals surface area contributed by atoms with Crippen LogP contribution in [0.2, 0.25) is 0 Å². The first-order chi connectivity index (χ1) is 7.13. The first-order valence-electron chi connectivity index (χ1n) is 4.18. The fourth-order valence-electron chi connectivity index (χ4n) is 1.41. The van der Waals surface area contributed by atoms with Gasteiger partial charge in [0, 0.05) is 15.2 Å². The summed E-state index contributed by atoms with van der Waals surface area (Å²) in [5.41, 5.74) is 0.646. The van der Waals surface area contributed by atoms with Crippen molar-refractivity contribution in [1.29, 1.82) is 0 Å². The van der Waals surface area contributed by atoms with E-state index in [0.29, 0.717) is 10.9 Å². The zero-order valence-electron chi connectivity index (χ0n) is 7.83.